The molecule has 3 heteroatoms. The predicted molar refractivity (Wildman–Crippen MR) is 84.9 cm³/mol. The van der Waals surface area contributed by atoms with Crippen molar-refractivity contribution in [2.24, 2.45) is 11.3 Å². The molecule has 20 heavy (non-hydrogen) atoms. The molecule has 2 fully saturated rings. The van der Waals surface area contributed by atoms with Crippen LogP contribution in [0.25, 0.3) is 0 Å². The molecule has 0 saturated heterocycles. The number of aliphatic hydroxyl groups excluding tert-OH is 1. The van der Waals surface area contributed by atoms with E-state index < -0.39 is 0 Å². The molecule has 2 N–H and O–H groups in total. The summed E-state index contributed by atoms with van der Waals surface area (Å²) in [6.07, 6.45) is 8.98. The zero-order chi connectivity index (χ0) is 14.6. The fraction of sp³-hybridized carbons (Fsp3) is 1.00. The van der Waals surface area contributed by atoms with Crippen LogP contribution in [0, 0.1) is 11.3 Å². The summed E-state index contributed by atoms with van der Waals surface area (Å²) in [5.41, 5.74) is 0.475. The number of hydrogen-bond acceptors (Lipinski definition) is 3. The number of rotatable bonds is 8. The second-order valence-electron chi connectivity index (χ2n) is 7.71. The summed E-state index contributed by atoms with van der Waals surface area (Å²) in [4.78, 5) is 2.44. The first kappa shape index (κ1) is 16.3. The van der Waals surface area contributed by atoms with Crippen molar-refractivity contribution in [1.29, 1.82) is 0 Å². The van der Waals surface area contributed by atoms with Crippen LogP contribution in [0.5, 0.6) is 0 Å². The molecule has 3 nitrogen and oxygen atoms in total. The van der Waals surface area contributed by atoms with Crippen molar-refractivity contribution in [3.05, 3.63) is 0 Å². The molecule has 2 aliphatic rings. The van der Waals surface area contributed by atoms with E-state index in [0.29, 0.717) is 5.41 Å². The van der Waals surface area contributed by atoms with Gasteiger partial charge in [-0.1, -0.05) is 19.8 Å². The molecule has 2 saturated carbocycles. The smallest absolute Gasteiger partial charge is 0.0524 e. The number of nitrogens with zero attached hydrogens (tertiary/aromatic N) is 1. The minimum atomic E-state index is -0.177. The average molecular weight is 282 g/mol. The number of hydrogen-bond donors (Lipinski definition) is 2. The maximum atomic E-state index is 9.45. The summed E-state index contributed by atoms with van der Waals surface area (Å²) in [5, 5.41) is 13.2. The van der Waals surface area contributed by atoms with Crippen LogP contribution in [0.1, 0.15) is 58.8 Å². The van der Waals surface area contributed by atoms with Crippen LogP contribution in [0.3, 0.4) is 0 Å². The topological polar surface area (TPSA) is 35.5 Å². The Bertz CT molecular complexity index is 281. The lowest BCUT2D eigenvalue weighted by molar-refractivity contribution is 0.0881. The van der Waals surface area contributed by atoms with Crippen LogP contribution in [-0.4, -0.2) is 48.8 Å². The van der Waals surface area contributed by atoms with E-state index >= 15 is 0 Å². The molecule has 0 radical (unpaired) electrons. The van der Waals surface area contributed by atoms with E-state index in [1.54, 1.807) is 0 Å². The Morgan fingerprint density at radius 3 is 2.45 bits per heavy atom. The van der Waals surface area contributed by atoms with Gasteiger partial charge in [0.05, 0.1) is 6.10 Å². The molecule has 0 heterocycles. The van der Waals surface area contributed by atoms with Crippen molar-refractivity contribution >= 4 is 0 Å². The lowest BCUT2D eigenvalue weighted by Crippen LogP contribution is -2.46. The molecule has 0 bridgehead atoms. The fourth-order valence-corrected chi connectivity index (χ4v) is 3.47. The van der Waals surface area contributed by atoms with Gasteiger partial charge in [0.1, 0.15) is 0 Å². The highest BCUT2D eigenvalue weighted by Gasteiger charge is 2.36. The molecule has 2 rings (SSSR count). The van der Waals surface area contributed by atoms with Crippen LogP contribution in [0.15, 0.2) is 0 Å². The Labute approximate surface area is 125 Å². The molecule has 0 aromatic heterocycles. The Morgan fingerprint density at radius 2 is 1.90 bits per heavy atom. The molecule has 118 valence electrons. The third-order valence-electron chi connectivity index (χ3n) is 5.21. The van der Waals surface area contributed by atoms with Gasteiger partial charge in [0.2, 0.25) is 0 Å². The van der Waals surface area contributed by atoms with Gasteiger partial charge in [-0.15, -0.1) is 0 Å². The first-order valence-corrected chi connectivity index (χ1v) is 8.59. The third-order valence-corrected chi connectivity index (χ3v) is 5.21. The fourth-order valence-electron chi connectivity index (χ4n) is 3.47. The Hall–Kier alpha value is -0.120. The summed E-state index contributed by atoms with van der Waals surface area (Å²) in [6.45, 7) is 7.68. The Morgan fingerprint density at radius 1 is 1.25 bits per heavy atom. The van der Waals surface area contributed by atoms with Gasteiger partial charge in [0, 0.05) is 25.7 Å². The molecule has 0 spiro atoms. The van der Waals surface area contributed by atoms with Gasteiger partial charge in [-0.2, -0.15) is 0 Å². The Kier molecular flexibility index (Phi) is 5.88. The number of aliphatic hydroxyl groups is 1. The summed E-state index contributed by atoms with van der Waals surface area (Å²) in [6, 6.07) is 0.814. The third kappa shape index (κ3) is 5.34. The zero-order valence-corrected chi connectivity index (χ0v) is 13.7. The van der Waals surface area contributed by atoms with E-state index in [-0.39, 0.29) is 6.10 Å². The first-order valence-electron chi connectivity index (χ1n) is 8.59. The van der Waals surface area contributed by atoms with Gasteiger partial charge in [-0.3, -0.25) is 0 Å². The molecule has 2 aliphatic carbocycles. The molecular formula is C17H34N2O. The van der Waals surface area contributed by atoms with Gasteiger partial charge in [0.15, 0.2) is 0 Å². The SMILES string of the molecule is CC(O)CCN(C)CC1(CNC2CC2)CCC(C)CC1. The largest absolute Gasteiger partial charge is 0.393 e. The zero-order valence-electron chi connectivity index (χ0n) is 13.7. The summed E-state index contributed by atoms with van der Waals surface area (Å²) in [5.74, 6) is 0.909. The van der Waals surface area contributed by atoms with Crippen molar-refractivity contribution in [2.75, 3.05) is 26.7 Å². The molecule has 0 amide bonds. The maximum Gasteiger partial charge on any atom is 0.0524 e. The van der Waals surface area contributed by atoms with E-state index in [1.807, 2.05) is 6.92 Å². The highest BCUT2D eigenvalue weighted by Crippen LogP contribution is 2.39. The molecular weight excluding hydrogens is 248 g/mol. The summed E-state index contributed by atoms with van der Waals surface area (Å²) < 4.78 is 0. The van der Waals surface area contributed by atoms with Crippen molar-refractivity contribution in [1.82, 2.24) is 10.2 Å². The summed E-state index contributed by atoms with van der Waals surface area (Å²) >= 11 is 0. The molecule has 0 aliphatic heterocycles. The van der Waals surface area contributed by atoms with E-state index in [9.17, 15) is 5.11 Å². The van der Waals surface area contributed by atoms with Gasteiger partial charge in [0.25, 0.3) is 0 Å². The van der Waals surface area contributed by atoms with E-state index in [2.05, 4.69) is 24.2 Å². The molecule has 1 atom stereocenters. The lowest BCUT2D eigenvalue weighted by atomic mass is 9.70. The van der Waals surface area contributed by atoms with Crippen LogP contribution < -0.4 is 5.32 Å². The monoisotopic (exact) mass is 282 g/mol. The van der Waals surface area contributed by atoms with Gasteiger partial charge >= 0.3 is 0 Å². The van der Waals surface area contributed by atoms with Crippen molar-refractivity contribution in [3.8, 4) is 0 Å². The summed E-state index contributed by atoms with van der Waals surface area (Å²) in [7, 11) is 2.22. The first-order chi connectivity index (χ1) is 9.49. The highest BCUT2D eigenvalue weighted by molar-refractivity contribution is 4.92. The van der Waals surface area contributed by atoms with Gasteiger partial charge in [-0.05, 0) is 57.4 Å². The molecule has 0 aromatic rings. The molecule has 0 aromatic carbocycles. The highest BCUT2D eigenvalue weighted by atomic mass is 16.3. The van der Waals surface area contributed by atoms with Crippen LogP contribution in [0.4, 0.5) is 0 Å². The van der Waals surface area contributed by atoms with Crippen molar-refractivity contribution in [2.45, 2.75) is 70.9 Å². The minimum Gasteiger partial charge on any atom is -0.393 e. The standard InChI is InChI=1S/C17H34N2O/c1-14-6-9-17(10-7-14,12-18-16-4-5-16)13-19(3)11-8-15(2)20/h14-16,18,20H,4-13H2,1-3H3. The van der Waals surface area contributed by atoms with Gasteiger partial charge < -0.3 is 15.3 Å². The quantitative estimate of drug-likeness (QED) is 0.718. The van der Waals surface area contributed by atoms with Crippen LogP contribution in [-0.2, 0) is 0 Å². The lowest BCUT2D eigenvalue weighted by Gasteiger charge is -2.42. The predicted octanol–water partition coefficient (Wildman–Crippen LogP) is 2.64. The van der Waals surface area contributed by atoms with E-state index in [4.69, 9.17) is 0 Å². The Balaban J connectivity index is 1.84. The van der Waals surface area contributed by atoms with E-state index in [1.165, 1.54) is 51.6 Å². The van der Waals surface area contributed by atoms with Crippen molar-refractivity contribution in [3.63, 3.8) is 0 Å². The van der Waals surface area contributed by atoms with Crippen LogP contribution in [0.2, 0.25) is 0 Å². The minimum absolute atomic E-state index is 0.177. The van der Waals surface area contributed by atoms with Crippen molar-refractivity contribution < 1.29 is 5.11 Å². The second-order valence-corrected chi connectivity index (χ2v) is 7.71. The van der Waals surface area contributed by atoms with Gasteiger partial charge in [-0.25, -0.2) is 0 Å². The number of nitrogens with one attached hydrogen (secondary N) is 1. The maximum absolute atomic E-state index is 9.45. The molecule has 1 unspecified atom stereocenters. The van der Waals surface area contributed by atoms with E-state index in [0.717, 1.165) is 24.9 Å². The van der Waals surface area contributed by atoms with Crippen LogP contribution >= 0.6 is 0 Å². The average Bonchev–Trinajstić information content (AvgIpc) is 3.22. The second kappa shape index (κ2) is 7.24. The normalized spacial score (nSPS) is 32.5.